The molecule has 2 heteroatoms. The number of Topliss-reactive ketones (excluding diaryl/α,β-unsaturated/α-hetero) is 1. The lowest BCUT2D eigenvalue weighted by Crippen LogP contribution is -2.19. The van der Waals surface area contributed by atoms with Gasteiger partial charge in [0.15, 0.2) is 5.78 Å². The van der Waals surface area contributed by atoms with Crippen LogP contribution in [0.2, 0.25) is 0 Å². The van der Waals surface area contributed by atoms with Crippen LogP contribution in [0, 0.1) is 0 Å². The maximum Gasteiger partial charge on any atom is 0.196 e. The number of ether oxygens (including phenoxy) is 1. The zero-order valence-corrected chi connectivity index (χ0v) is 15.9. The van der Waals surface area contributed by atoms with Gasteiger partial charge in [0.25, 0.3) is 0 Å². The molecule has 0 aliphatic rings. The maximum atomic E-state index is 12.6. The number of hydrogen-bond donors (Lipinski definition) is 0. The van der Waals surface area contributed by atoms with Crippen LogP contribution in [0.3, 0.4) is 0 Å². The first kappa shape index (κ1) is 20.3. The average Bonchev–Trinajstić information content (AvgIpc) is 2.74. The highest BCUT2D eigenvalue weighted by molar-refractivity contribution is 6.00. The normalized spacial score (nSPS) is 11.2. The number of ketones is 1. The third-order valence-electron chi connectivity index (χ3n) is 3.84. The van der Waals surface area contributed by atoms with Gasteiger partial charge in [-0.2, -0.15) is 0 Å². The number of rotatable bonds is 6. The lowest BCUT2D eigenvalue weighted by molar-refractivity contribution is 0.0114. The van der Waals surface area contributed by atoms with Crippen LogP contribution in [0.1, 0.15) is 41.4 Å². The van der Waals surface area contributed by atoms with Gasteiger partial charge in [0.2, 0.25) is 0 Å². The molecule has 3 aromatic rings. The van der Waals surface area contributed by atoms with E-state index in [1.807, 2.05) is 111 Å². The lowest BCUT2D eigenvalue weighted by Gasteiger charge is -2.19. The van der Waals surface area contributed by atoms with Gasteiger partial charge in [-0.15, -0.1) is 0 Å². The van der Waals surface area contributed by atoms with Crippen molar-refractivity contribution in [2.75, 3.05) is 0 Å². The van der Waals surface area contributed by atoms with E-state index >= 15 is 0 Å². The second-order valence-electron chi connectivity index (χ2n) is 6.32. The van der Waals surface area contributed by atoms with Crippen molar-refractivity contribution in [2.45, 2.75) is 26.1 Å². The highest BCUT2D eigenvalue weighted by Crippen LogP contribution is 2.23. The Balaban J connectivity index is 0.000000273. The third-order valence-corrected chi connectivity index (χ3v) is 3.84. The molecule has 0 heterocycles. The Bertz CT molecular complexity index is 809. The van der Waals surface area contributed by atoms with Gasteiger partial charge in [0, 0.05) is 5.56 Å². The van der Waals surface area contributed by atoms with Gasteiger partial charge in [-0.1, -0.05) is 104 Å². The summed E-state index contributed by atoms with van der Waals surface area (Å²) in [6, 6.07) is 28.9. The summed E-state index contributed by atoms with van der Waals surface area (Å²) in [5.41, 5.74) is 2.74. The van der Waals surface area contributed by atoms with Crippen molar-refractivity contribution in [3.8, 4) is 0 Å². The van der Waals surface area contributed by atoms with E-state index < -0.39 is 6.10 Å². The van der Waals surface area contributed by atoms with Crippen molar-refractivity contribution in [1.82, 2.24) is 0 Å². The van der Waals surface area contributed by atoms with E-state index in [9.17, 15) is 4.79 Å². The van der Waals surface area contributed by atoms with Crippen LogP contribution in [0.5, 0.6) is 0 Å². The van der Waals surface area contributed by atoms with E-state index in [2.05, 4.69) is 6.58 Å². The van der Waals surface area contributed by atoms with Gasteiger partial charge in [0.1, 0.15) is 6.10 Å². The Morgan fingerprint density at radius 1 is 0.815 bits per heavy atom. The molecule has 3 aromatic carbocycles. The standard InChI is InChI=1S/C17H18O2.C8H8/c1-13(2)19-17(15-11-7-4-8-12-15)16(18)14-9-5-3-6-10-14;1-2-8-6-4-3-5-7-8/h3-13,17H,1-2H3;2-7H,1H2. The van der Waals surface area contributed by atoms with Crippen molar-refractivity contribution >= 4 is 11.9 Å². The molecule has 0 aliphatic heterocycles. The Morgan fingerprint density at radius 2 is 1.30 bits per heavy atom. The van der Waals surface area contributed by atoms with Crippen LogP contribution >= 0.6 is 0 Å². The van der Waals surface area contributed by atoms with E-state index in [1.54, 1.807) is 0 Å². The fourth-order valence-corrected chi connectivity index (χ4v) is 2.53. The van der Waals surface area contributed by atoms with Crippen LogP contribution in [0.4, 0.5) is 0 Å². The summed E-state index contributed by atoms with van der Waals surface area (Å²) in [6.07, 6.45) is 1.29. The number of hydrogen-bond acceptors (Lipinski definition) is 2. The first-order valence-corrected chi connectivity index (χ1v) is 9.09. The monoisotopic (exact) mass is 358 g/mol. The molecule has 2 nitrogen and oxygen atoms in total. The zero-order valence-electron chi connectivity index (χ0n) is 15.9. The van der Waals surface area contributed by atoms with Crippen molar-refractivity contribution in [2.24, 2.45) is 0 Å². The van der Waals surface area contributed by atoms with Gasteiger partial charge >= 0.3 is 0 Å². The minimum atomic E-state index is -0.538. The predicted octanol–water partition coefficient (Wildman–Crippen LogP) is 6.37. The maximum absolute atomic E-state index is 12.6. The lowest BCUT2D eigenvalue weighted by atomic mass is 9.99. The minimum Gasteiger partial charge on any atom is -0.363 e. The van der Waals surface area contributed by atoms with Crippen LogP contribution < -0.4 is 0 Å². The van der Waals surface area contributed by atoms with E-state index in [-0.39, 0.29) is 11.9 Å². The van der Waals surface area contributed by atoms with Crippen LogP contribution in [0.15, 0.2) is 97.6 Å². The van der Waals surface area contributed by atoms with Gasteiger partial charge < -0.3 is 4.74 Å². The molecule has 0 spiro atoms. The summed E-state index contributed by atoms with van der Waals surface area (Å²) in [5, 5.41) is 0. The van der Waals surface area contributed by atoms with Crippen molar-refractivity contribution in [3.63, 3.8) is 0 Å². The molecule has 0 saturated heterocycles. The second kappa shape index (κ2) is 10.9. The summed E-state index contributed by atoms with van der Waals surface area (Å²) >= 11 is 0. The smallest absolute Gasteiger partial charge is 0.196 e. The van der Waals surface area contributed by atoms with E-state index in [0.717, 1.165) is 5.56 Å². The van der Waals surface area contributed by atoms with Crippen LogP contribution in [-0.4, -0.2) is 11.9 Å². The molecule has 0 radical (unpaired) electrons. The largest absolute Gasteiger partial charge is 0.363 e. The topological polar surface area (TPSA) is 26.3 Å². The fraction of sp³-hybridized carbons (Fsp3) is 0.160. The SMILES string of the molecule is C=Cc1ccccc1.CC(C)OC(C(=O)c1ccccc1)c1ccccc1. The molecule has 0 aromatic heterocycles. The average molecular weight is 358 g/mol. The van der Waals surface area contributed by atoms with Crippen LogP contribution in [-0.2, 0) is 4.74 Å². The molecule has 0 amide bonds. The number of benzene rings is 3. The van der Waals surface area contributed by atoms with Gasteiger partial charge in [-0.3, -0.25) is 4.79 Å². The van der Waals surface area contributed by atoms with Crippen molar-refractivity contribution < 1.29 is 9.53 Å². The number of carbonyl (C=O) groups is 1. The predicted molar refractivity (Wildman–Crippen MR) is 113 cm³/mol. The zero-order chi connectivity index (χ0) is 19.5. The molecule has 3 rings (SSSR count). The Labute approximate surface area is 162 Å². The summed E-state index contributed by atoms with van der Waals surface area (Å²) in [5.74, 6) is 0.000463. The van der Waals surface area contributed by atoms with Gasteiger partial charge in [0.05, 0.1) is 6.10 Å². The molecule has 1 atom stereocenters. The van der Waals surface area contributed by atoms with Gasteiger partial charge in [-0.05, 0) is 25.0 Å². The summed E-state index contributed by atoms with van der Waals surface area (Å²) in [4.78, 5) is 12.6. The minimum absolute atomic E-state index is 0.000463. The first-order valence-electron chi connectivity index (χ1n) is 9.09. The molecule has 27 heavy (non-hydrogen) atoms. The molecule has 0 fully saturated rings. The quantitative estimate of drug-likeness (QED) is 0.479. The summed E-state index contributed by atoms with van der Waals surface area (Å²) in [7, 11) is 0. The molecule has 138 valence electrons. The molecular weight excluding hydrogens is 332 g/mol. The van der Waals surface area contributed by atoms with Crippen LogP contribution in [0.25, 0.3) is 6.08 Å². The Kier molecular flexibility index (Phi) is 8.21. The number of carbonyl (C=O) groups excluding carboxylic acids is 1. The van der Waals surface area contributed by atoms with Crippen molar-refractivity contribution in [1.29, 1.82) is 0 Å². The fourth-order valence-electron chi connectivity index (χ4n) is 2.53. The molecule has 1 unspecified atom stereocenters. The summed E-state index contributed by atoms with van der Waals surface area (Å²) in [6.45, 7) is 7.51. The third kappa shape index (κ3) is 6.69. The van der Waals surface area contributed by atoms with E-state index in [1.165, 1.54) is 5.56 Å². The second-order valence-corrected chi connectivity index (χ2v) is 6.32. The Hall–Kier alpha value is -2.97. The van der Waals surface area contributed by atoms with Gasteiger partial charge in [-0.25, -0.2) is 0 Å². The molecule has 0 bridgehead atoms. The highest BCUT2D eigenvalue weighted by atomic mass is 16.5. The Morgan fingerprint density at radius 3 is 1.74 bits per heavy atom. The van der Waals surface area contributed by atoms with E-state index in [4.69, 9.17) is 4.74 Å². The molecule has 0 saturated carbocycles. The molecular formula is C25H26O2. The first-order chi connectivity index (χ1) is 13.1. The molecule has 0 aliphatic carbocycles. The summed E-state index contributed by atoms with van der Waals surface area (Å²) < 4.78 is 5.80. The highest BCUT2D eigenvalue weighted by Gasteiger charge is 2.23. The van der Waals surface area contributed by atoms with Crippen molar-refractivity contribution in [3.05, 3.63) is 114 Å². The van der Waals surface area contributed by atoms with E-state index in [0.29, 0.717) is 5.56 Å². The molecule has 0 N–H and O–H groups in total.